The molecule has 1 N–H and O–H groups in total. The van der Waals surface area contributed by atoms with Crippen molar-refractivity contribution in [1.82, 2.24) is 9.97 Å². The van der Waals surface area contributed by atoms with Gasteiger partial charge in [-0.05, 0) is 11.6 Å². The van der Waals surface area contributed by atoms with Crippen molar-refractivity contribution < 1.29 is 12.8 Å². The van der Waals surface area contributed by atoms with Crippen LogP contribution in [0.1, 0.15) is 0 Å². The van der Waals surface area contributed by atoms with E-state index in [2.05, 4.69) is 15.3 Å². The van der Waals surface area contributed by atoms with Crippen LogP contribution in [0.5, 0.6) is 0 Å². The summed E-state index contributed by atoms with van der Waals surface area (Å²) >= 11 is 5.44. The van der Waals surface area contributed by atoms with Crippen molar-refractivity contribution in [3.63, 3.8) is 0 Å². The van der Waals surface area contributed by atoms with Gasteiger partial charge in [0.2, 0.25) is 5.28 Å². The van der Waals surface area contributed by atoms with Crippen molar-refractivity contribution in [1.29, 1.82) is 0 Å². The van der Waals surface area contributed by atoms with Gasteiger partial charge in [0.15, 0.2) is 11.6 Å². The van der Waals surface area contributed by atoms with Gasteiger partial charge < -0.3 is 5.32 Å². The summed E-state index contributed by atoms with van der Waals surface area (Å²) < 4.78 is 34.6. The molecule has 0 aliphatic carbocycles. The average Bonchev–Trinajstić information content (AvgIpc) is 2.09. The Labute approximate surface area is 91.6 Å². The van der Waals surface area contributed by atoms with Crippen molar-refractivity contribution in [2.75, 3.05) is 23.9 Å². The summed E-state index contributed by atoms with van der Waals surface area (Å²) in [5, 5.41) is 2.42. The molecule has 15 heavy (non-hydrogen) atoms. The molecule has 0 amide bonds. The van der Waals surface area contributed by atoms with Gasteiger partial charge >= 0.3 is 0 Å². The molecule has 0 aliphatic rings. The lowest BCUT2D eigenvalue weighted by Crippen LogP contribution is -2.15. The lowest BCUT2D eigenvalue weighted by atomic mass is 10.5. The van der Waals surface area contributed by atoms with Gasteiger partial charge in [-0.2, -0.15) is 4.98 Å². The maximum absolute atomic E-state index is 13.0. The maximum Gasteiger partial charge on any atom is 0.224 e. The molecule has 1 heterocycles. The summed E-state index contributed by atoms with van der Waals surface area (Å²) in [6.45, 7) is 0.0725. The molecule has 0 radical (unpaired) electrons. The standard InChI is InChI=1S/C7H9ClFN3O2S/c1-15(13,14)3-2-10-6-5(9)4-11-7(8)12-6/h4H,2-3H2,1H3,(H,10,11,12). The van der Waals surface area contributed by atoms with Crippen molar-refractivity contribution >= 4 is 27.3 Å². The molecule has 0 atom stereocenters. The molecule has 0 saturated carbocycles. The number of anilines is 1. The van der Waals surface area contributed by atoms with Crippen molar-refractivity contribution in [3.05, 3.63) is 17.3 Å². The predicted octanol–water partition coefficient (Wildman–Crippen LogP) is 0.726. The van der Waals surface area contributed by atoms with E-state index >= 15 is 0 Å². The summed E-state index contributed by atoms with van der Waals surface area (Å²) in [5.41, 5.74) is 0. The van der Waals surface area contributed by atoms with Crippen molar-refractivity contribution in [2.45, 2.75) is 0 Å². The normalized spacial score (nSPS) is 11.4. The van der Waals surface area contributed by atoms with E-state index in [1.165, 1.54) is 0 Å². The third-order valence-electron chi connectivity index (χ3n) is 1.48. The smallest absolute Gasteiger partial charge is 0.224 e. The Kier molecular flexibility index (Phi) is 3.81. The third kappa shape index (κ3) is 4.39. The summed E-state index contributed by atoms with van der Waals surface area (Å²) in [5.74, 6) is -0.875. The molecule has 0 aliphatic heterocycles. The molecule has 0 aromatic carbocycles. The molecule has 0 unspecified atom stereocenters. The van der Waals surface area contributed by atoms with E-state index < -0.39 is 15.7 Å². The van der Waals surface area contributed by atoms with E-state index in [1.807, 2.05) is 0 Å². The second-order valence-corrected chi connectivity index (χ2v) is 5.49. The zero-order valence-electron chi connectivity index (χ0n) is 7.87. The van der Waals surface area contributed by atoms with Gasteiger partial charge in [0, 0.05) is 12.8 Å². The predicted molar refractivity (Wildman–Crippen MR) is 55.2 cm³/mol. The molecule has 1 aromatic heterocycles. The van der Waals surface area contributed by atoms with Crippen LogP contribution < -0.4 is 5.32 Å². The molecule has 1 rings (SSSR count). The van der Waals surface area contributed by atoms with Gasteiger partial charge in [-0.3, -0.25) is 0 Å². The number of rotatable bonds is 4. The van der Waals surface area contributed by atoms with Crippen LogP contribution in [0.2, 0.25) is 5.28 Å². The van der Waals surface area contributed by atoms with E-state index in [0.717, 1.165) is 12.5 Å². The first-order valence-electron chi connectivity index (χ1n) is 3.98. The Hall–Kier alpha value is -0.950. The van der Waals surface area contributed by atoms with Crippen LogP contribution in [0, 0.1) is 5.82 Å². The minimum atomic E-state index is -3.08. The van der Waals surface area contributed by atoms with Gasteiger partial charge in [-0.25, -0.2) is 17.8 Å². The minimum absolute atomic E-state index is 0.0725. The van der Waals surface area contributed by atoms with E-state index in [0.29, 0.717) is 0 Å². The van der Waals surface area contributed by atoms with Crippen molar-refractivity contribution in [2.24, 2.45) is 0 Å². The van der Waals surface area contributed by atoms with Crippen LogP contribution in [0.4, 0.5) is 10.2 Å². The minimum Gasteiger partial charge on any atom is -0.366 e. The quantitative estimate of drug-likeness (QED) is 0.801. The average molecular weight is 254 g/mol. The Morgan fingerprint density at radius 2 is 2.27 bits per heavy atom. The van der Waals surface area contributed by atoms with Crippen LogP contribution in [-0.4, -0.2) is 36.9 Å². The van der Waals surface area contributed by atoms with Gasteiger partial charge in [-0.15, -0.1) is 0 Å². The van der Waals surface area contributed by atoms with E-state index in [9.17, 15) is 12.8 Å². The van der Waals surface area contributed by atoms with Crippen LogP contribution in [0.15, 0.2) is 6.20 Å². The number of halogens is 2. The molecule has 0 spiro atoms. The second-order valence-electron chi connectivity index (χ2n) is 2.89. The lowest BCUT2D eigenvalue weighted by Gasteiger charge is -2.05. The highest BCUT2D eigenvalue weighted by Crippen LogP contribution is 2.11. The lowest BCUT2D eigenvalue weighted by molar-refractivity contribution is 0.601. The monoisotopic (exact) mass is 253 g/mol. The van der Waals surface area contributed by atoms with Gasteiger partial charge in [0.1, 0.15) is 9.84 Å². The number of aromatic nitrogens is 2. The van der Waals surface area contributed by atoms with Gasteiger partial charge in [0.05, 0.1) is 11.9 Å². The number of hydrogen-bond acceptors (Lipinski definition) is 5. The fraction of sp³-hybridized carbons (Fsp3) is 0.429. The highest BCUT2D eigenvalue weighted by molar-refractivity contribution is 7.90. The zero-order chi connectivity index (χ0) is 11.5. The van der Waals surface area contributed by atoms with Crippen molar-refractivity contribution in [3.8, 4) is 0 Å². The second kappa shape index (κ2) is 4.71. The molecule has 5 nitrogen and oxygen atoms in total. The molecule has 1 aromatic rings. The molecule has 0 fully saturated rings. The van der Waals surface area contributed by atoms with Crippen LogP contribution in [-0.2, 0) is 9.84 Å². The molecule has 0 bridgehead atoms. The van der Waals surface area contributed by atoms with E-state index in [4.69, 9.17) is 11.6 Å². The molecular weight excluding hydrogens is 245 g/mol. The molecular formula is C7H9ClFN3O2S. The summed E-state index contributed by atoms with van der Waals surface area (Å²) in [7, 11) is -3.08. The SMILES string of the molecule is CS(=O)(=O)CCNc1nc(Cl)ncc1F. The maximum atomic E-state index is 13.0. The Bertz CT molecular complexity index is 452. The first-order chi connectivity index (χ1) is 6.88. The number of hydrogen-bond donors (Lipinski definition) is 1. The van der Waals surface area contributed by atoms with Gasteiger partial charge in [-0.1, -0.05) is 0 Å². The topological polar surface area (TPSA) is 72.0 Å². The summed E-state index contributed by atoms with van der Waals surface area (Å²) in [4.78, 5) is 6.98. The first-order valence-corrected chi connectivity index (χ1v) is 6.42. The zero-order valence-corrected chi connectivity index (χ0v) is 9.44. The highest BCUT2D eigenvalue weighted by Gasteiger charge is 2.07. The van der Waals surface area contributed by atoms with Crippen LogP contribution >= 0.6 is 11.6 Å². The fourth-order valence-corrected chi connectivity index (χ4v) is 1.43. The largest absolute Gasteiger partial charge is 0.366 e. The number of nitrogens with zero attached hydrogens (tertiary/aromatic N) is 2. The third-order valence-corrected chi connectivity index (χ3v) is 2.61. The fourth-order valence-electron chi connectivity index (χ4n) is 0.824. The first kappa shape index (κ1) is 12.1. The summed E-state index contributed by atoms with van der Waals surface area (Å²) in [6, 6.07) is 0. The van der Waals surface area contributed by atoms with Crippen LogP contribution in [0.3, 0.4) is 0 Å². The highest BCUT2D eigenvalue weighted by atomic mass is 35.5. The van der Waals surface area contributed by atoms with Crippen LogP contribution in [0.25, 0.3) is 0 Å². The van der Waals surface area contributed by atoms with E-state index in [1.54, 1.807) is 0 Å². The van der Waals surface area contributed by atoms with Gasteiger partial charge in [0.25, 0.3) is 0 Å². The molecule has 8 heteroatoms. The number of sulfone groups is 1. The number of nitrogens with one attached hydrogen (secondary N) is 1. The Morgan fingerprint density at radius 1 is 1.60 bits per heavy atom. The van der Waals surface area contributed by atoms with E-state index in [-0.39, 0.29) is 23.4 Å². The summed E-state index contributed by atoms with van der Waals surface area (Å²) in [6.07, 6.45) is 2.01. The Balaban J connectivity index is 2.61. The molecule has 84 valence electrons. The Morgan fingerprint density at radius 3 is 2.87 bits per heavy atom. The molecule has 0 saturated heterocycles.